The Morgan fingerprint density at radius 2 is 2.00 bits per heavy atom. The average molecular weight is 238 g/mol. The smallest absolute Gasteiger partial charge is 0.237 e. The molecule has 2 N–H and O–H groups in total. The van der Waals surface area contributed by atoms with Crippen LogP contribution in [0.1, 0.15) is 46.4 Å². The minimum absolute atomic E-state index is 0.00379. The second-order valence-corrected chi connectivity index (χ2v) is 5.36. The average Bonchev–Trinajstić information content (AvgIpc) is 2.67. The lowest BCUT2D eigenvalue weighted by Gasteiger charge is -2.25. The van der Waals surface area contributed by atoms with Crippen molar-refractivity contribution < 1.29 is 9.21 Å². The SMILES string of the molecule is CC(N[C@@H](C)c1ccco1)C(=O)NC(C)(C)C. The van der Waals surface area contributed by atoms with Crippen molar-refractivity contribution in [3.63, 3.8) is 0 Å². The molecule has 1 amide bonds. The Morgan fingerprint density at radius 3 is 2.47 bits per heavy atom. The lowest BCUT2D eigenvalue weighted by Crippen LogP contribution is -2.49. The van der Waals surface area contributed by atoms with Gasteiger partial charge in [0.2, 0.25) is 5.91 Å². The second kappa shape index (κ2) is 5.36. The fourth-order valence-electron chi connectivity index (χ4n) is 1.55. The molecule has 0 aliphatic carbocycles. The van der Waals surface area contributed by atoms with Gasteiger partial charge in [-0.1, -0.05) is 0 Å². The van der Waals surface area contributed by atoms with Gasteiger partial charge in [0, 0.05) is 5.54 Å². The van der Waals surface area contributed by atoms with E-state index in [1.165, 1.54) is 0 Å². The van der Waals surface area contributed by atoms with Gasteiger partial charge < -0.3 is 9.73 Å². The largest absolute Gasteiger partial charge is 0.468 e. The van der Waals surface area contributed by atoms with Crippen LogP contribution in [0.3, 0.4) is 0 Å². The van der Waals surface area contributed by atoms with Crippen LogP contribution in [0.4, 0.5) is 0 Å². The zero-order chi connectivity index (χ0) is 13.1. The molecule has 1 rings (SSSR count). The first-order chi connectivity index (χ1) is 7.79. The van der Waals surface area contributed by atoms with Crippen molar-refractivity contribution in [3.8, 4) is 0 Å². The first kappa shape index (κ1) is 13.8. The standard InChI is InChI=1S/C13H22N2O2/c1-9(11-7-6-8-17-11)14-10(2)12(16)15-13(3,4)5/h6-10,14H,1-5H3,(H,15,16)/t9-,10?/m0/s1. The van der Waals surface area contributed by atoms with Crippen molar-refractivity contribution in [1.82, 2.24) is 10.6 Å². The number of nitrogens with one attached hydrogen (secondary N) is 2. The second-order valence-electron chi connectivity index (χ2n) is 5.36. The Labute approximate surface area is 103 Å². The van der Waals surface area contributed by atoms with Gasteiger partial charge in [-0.25, -0.2) is 0 Å². The molecule has 0 saturated heterocycles. The van der Waals surface area contributed by atoms with E-state index in [0.29, 0.717) is 0 Å². The van der Waals surface area contributed by atoms with Crippen molar-refractivity contribution in [2.45, 2.75) is 52.2 Å². The quantitative estimate of drug-likeness (QED) is 0.845. The molecule has 96 valence electrons. The molecule has 4 nitrogen and oxygen atoms in total. The molecule has 17 heavy (non-hydrogen) atoms. The predicted molar refractivity (Wildman–Crippen MR) is 67.6 cm³/mol. The van der Waals surface area contributed by atoms with Crippen molar-refractivity contribution in [1.29, 1.82) is 0 Å². The summed E-state index contributed by atoms with van der Waals surface area (Å²) in [4.78, 5) is 11.9. The molecule has 0 radical (unpaired) electrons. The summed E-state index contributed by atoms with van der Waals surface area (Å²) >= 11 is 0. The third-order valence-electron chi connectivity index (χ3n) is 2.36. The third-order valence-corrected chi connectivity index (χ3v) is 2.36. The van der Waals surface area contributed by atoms with Crippen LogP contribution in [0.25, 0.3) is 0 Å². The maximum absolute atomic E-state index is 11.9. The van der Waals surface area contributed by atoms with Crippen molar-refractivity contribution in [3.05, 3.63) is 24.2 Å². The van der Waals surface area contributed by atoms with E-state index in [-0.39, 0.29) is 23.5 Å². The van der Waals surface area contributed by atoms with E-state index in [9.17, 15) is 4.79 Å². The summed E-state index contributed by atoms with van der Waals surface area (Å²) in [7, 11) is 0. The van der Waals surface area contributed by atoms with E-state index in [1.54, 1.807) is 6.26 Å². The number of hydrogen-bond acceptors (Lipinski definition) is 3. The predicted octanol–water partition coefficient (Wildman–Crippen LogP) is 2.23. The highest BCUT2D eigenvalue weighted by molar-refractivity contribution is 5.81. The molecule has 0 bridgehead atoms. The maximum Gasteiger partial charge on any atom is 0.237 e. The minimum atomic E-state index is -0.255. The number of carbonyl (C=O) groups is 1. The summed E-state index contributed by atoms with van der Waals surface area (Å²) in [5.74, 6) is 0.830. The van der Waals surface area contributed by atoms with Gasteiger partial charge in [-0.15, -0.1) is 0 Å². The molecule has 0 aliphatic heterocycles. The molecule has 0 saturated carbocycles. The number of amides is 1. The van der Waals surface area contributed by atoms with E-state index >= 15 is 0 Å². The van der Waals surface area contributed by atoms with Gasteiger partial charge in [-0.3, -0.25) is 10.1 Å². The Balaban J connectivity index is 2.49. The van der Waals surface area contributed by atoms with Crippen LogP contribution in [0, 0.1) is 0 Å². The zero-order valence-corrected chi connectivity index (χ0v) is 11.2. The van der Waals surface area contributed by atoms with E-state index < -0.39 is 0 Å². The summed E-state index contributed by atoms with van der Waals surface area (Å²) in [6.07, 6.45) is 1.63. The molecule has 4 heteroatoms. The van der Waals surface area contributed by atoms with Crippen molar-refractivity contribution >= 4 is 5.91 Å². The van der Waals surface area contributed by atoms with Crippen LogP contribution in [0.5, 0.6) is 0 Å². The Morgan fingerprint density at radius 1 is 1.35 bits per heavy atom. The zero-order valence-electron chi connectivity index (χ0n) is 11.2. The number of rotatable bonds is 4. The fourth-order valence-corrected chi connectivity index (χ4v) is 1.55. The van der Waals surface area contributed by atoms with Crippen molar-refractivity contribution in [2.24, 2.45) is 0 Å². The molecule has 1 unspecified atom stereocenters. The maximum atomic E-state index is 11.9. The number of hydrogen-bond donors (Lipinski definition) is 2. The van der Waals surface area contributed by atoms with Gasteiger partial charge in [-0.2, -0.15) is 0 Å². The molecule has 1 heterocycles. The topological polar surface area (TPSA) is 54.3 Å². The summed E-state index contributed by atoms with van der Waals surface area (Å²) < 4.78 is 5.28. The van der Waals surface area contributed by atoms with E-state index in [1.807, 2.05) is 46.8 Å². The monoisotopic (exact) mass is 238 g/mol. The van der Waals surface area contributed by atoms with Gasteiger partial charge >= 0.3 is 0 Å². The molecular formula is C13H22N2O2. The van der Waals surface area contributed by atoms with Gasteiger partial charge in [0.15, 0.2) is 0 Å². The summed E-state index contributed by atoms with van der Waals surface area (Å²) in [5.41, 5.74) is -0.207. The van der Waals surface area contributed by atoms with Crippen LogP contribution >= 0.6 is 0 Å². The Kier molecular flexibility index (Phi) is 4.34. The molecule has 1 aromatic rings. The highest BCUT2D eigenvalue weighted by atomic mass is 16.3. The fraction of sp³-hybridized carbons (Fsp3) is 0.615. The van der Waals surface area contributed by atoms with Crippen LogP contribution in [-0.4, -0.2) is 17.5 Å². The lowest BCUT2D eigenvalue weighted by atomic mass is 10.1. The molecular weight excluding hydrogens is 216 g/mol. The van der Waals surface area contributed by atoms with Crippen LogP contribution in [0.15, 0.2) is 22.8 Å². The number of furan rings is 1. The first-order valence-electron chi connectivity index (χ1n) is 5.91. The van der Waals surface area contributed by atoms with Crippen molar-refractivity contribution in [2.75, 3.05) is 0 Å². The number of carbonyl (C=O) groups excluding carboxylic acids is 1. The highest BCUT2D eigenvalue weighted by Gasteiger charge is 2.21. The van der Waals surface area contributed by atoms with Gasteiger partial charge in [0.1, 0.15) is 5.76 Å². The Bertz CT molecular complexity index is 352. The summed E-state index contributed by atoms with van der Waals surface area (Å²) in [6.45, 7) is 9.72. The van der Waals surface area contributed by atoms with Crippen LogP contribution < -0.4 is 10.6 Å². The molecule has 0 fully saturated rings. The third kappa shape index (κ3) is 4.61. The molecule has 1 aromatic heterocycles. The molecule has 0 spiro atoms. The van der Waals surface area contributed by atoms with Crippen LogP contribution in [0.2, 0.25) is 0 Å². The van der Waals surface area contributed by atoms with E-state index in [4.69, 9.17) is 4.42 Å². The van der Waals surface area contributed by atoms with E-state index in [2.05, 4.69) is 10.6 Å². The normalized spacial score (nSPS) is 15.4. The first-order valence-corrected chi connectivity index (χ1v) is 5.91. The minimum Gasteiger partial charge on any atom is -0.468 e. The van der Waals surface area contributed by atoms with Gasteiger partial charge in [-0.05, 0) is 46.8 Å². The van der Waals surface area contributed by atoms with Gasteiger partial charge in [0.05, 0.1) is 18.3 Å². The van der Waals surface area contributed by atoms with E-state index in [0.717, 1.165) is 5.76 Å². The molecule has 2 atom stereocenters. The van der Waals surface area contributed by atoms with Crippen LogP contribution in [-0.2, 0) is 4.79 Å². The highest BCUT2D eigenvalue weighted by Crippen LogP contribution is 2.13. The summed E-state index contributed by atoms with van der Waals surface area (Å²) in [5, 5.41) is 6.14. The molecule has 0 aromatic carbocycles. The molecule has 0 aliphatic rings. The van der Waals surface area contributed by atoms with Gasteiger partial charge in [0.25, 0.3) is 0 Å². The lowest BCUT2D eigenvalue weighted by molar-refractivity contribution is -0.124. The Hall–Kier alpha value is -1.29. The summed E-state index contributed by atoms with van der Waals surface area (Å²) in [6, 6.07) is 3.50.